The Bertz CT molecular complexity index is 1250. The number of rotatable bonds is 3. The van der Waals surface area contributed by atoms with Gasteiger partial charge >= 0.3 is 11.8 Å². The molecule has 2 amide bonds. The zero-order valence-electron chi connectivity index (χ0n) is 14.7. The monoisotopic (exact) mass is 448 g/mol. The van der Waals surface area contributed by atoms with Crippen LogP contribution in [0.15, 0.2) is 52.7 Å². The molecule has 3 aromatic carbocycles. The number of nitrogens with one attached hydrogen (secondary N) is 1. The molecule has 152 valence electrons. The highest BCUT2D eigenvalue weighted by atomic mass is 35.5. The summed E-state index contributed by atoms with van der Waals surface area (Å²) >= 11 is 11.7. The molecule has 0 unspecified atom stereocenters. The van der Waals surface area contributed by atoms with E-state index in [1.165, 1.54) is 24.3 Å². The Labute approximate surface area is 177 Å². The number of hydrogen-bond acceptors (Lipinski definition) is 7. The summed E-state index contributed by atoms with van der Waals surface area (Å²) in [4.78, 5) is 34.1. The fraction of sp³-hybridized carbons (Fsp3) is 0. The lowest BCUT2D eigenvalue weighted by molar-refractivity contribution is -0.384. The Balaban J connectivity index is 1.85. The first-order chi connectivity index (χ1) is 14.2. The highest BCUT2D eigenvalue weighted by molar-refractivity contribution is 6.40. The zero-order chi connectivity index (χ0) is 22.0. The molecule has 3 aromatic rings. The van der Waals surface area contributed by atoms with Crippen LogP contribution in [0, 0.1) is 10.1 Å². The van der Waals surface area contributed by atoms with Crippen molar-refractivity contribution in [2.75, 3.05) is 5.32 Å². The summed E-state index contributed by atoms with van der Waals surface area (Å²) in [5.41, 5.74) is -0.938. The first-order valence-corrected chi connectivity index (χ1v) is 8.79. The molecule has 12 heteroatoms. The number of halogens is 2. The molecule has 0 aliphatic carbocycles. The number of carbonyl (C=O) groups is 2. The molecule has 3 N–H and O–H groups in total. The molecule has 0 aromatic heterocycles. The van der Waals surface area contributed by atoms with E-state index in [1.807, 2.05) is 0 Å². The lowest BCUT2D eigenvalue weighted by Crippen LogP contribution is -2.20. The average Bonchev–Trinajstić information content (AvgIpc) is 2.73. The van der Waals surface area contributed by atoms with Gasteiger partial charge in [0.05, 0.1) is 4.92 Å². The molecule has 0 atom stereocenters. The van der Waals surface area contributed by atoms with E-state index < -0.39 is 33.9 Å². The van der Waals surface area contributed by atoms with E-state index in [4.69, 9.17) is 23.2 Å². The Kier molecular flexibility index (Phi) is 5.81. The largest absolute Gasteiger partial charge is 0.506 e. The molecule has 10 nitrogen and oxygen atoms in total. The summed E-state index contributed by atoms with van der Waals surface area (Å²) in [5.74, 6) is -3.46. The molecule has 0 bridgehead atoms. The van der Waals surface area contributed by atoms with Crippen LogP contribution < -0.4 is 5.32 Å². The van der Waals surface area contributed by atoms with Gasteiger partial charge < -0.3 is 15.5 Å². The molecular weight excluding hydrogens is 439 g/mol. The first kappa shape index (κ1) is 21.0. The number of hydrogen-bond donors (Lipinski definition) is 3. The van der Waals surface area contributed by atoms with Crippen LogP contribution >= 0.6 is 23.2 Å². The minimum atomic E-state index is -1.38. The molecule has 30 heavy (non-hydrogen) atoms. The van der Waals surface area contributed by atoms with Gasteiger partial charge in [0.25, 0.3) is 5.69 Å². The van der Waals surface area contributed by atoms with E-state index in [0.717, 1.165) is 6.07 Å². The lowest BCUT2D eigenvalue weighted by Gasteiger charge is -2.08. The van der Waals surface area contributed by atoms with E-state index in [0.29, 0.717) is 0 Å². The van der Waals surface area contributed by atoms with Crippen LogP contribution in [0.2, 0.25) is 10.0 Å². The van der Waals surface area contributed by atoms with Gasteiger partial charge in [0.2, 0.25) is 0 Å². The number of azo groups is 1. The number of fused-ring (bicyclic) bond motifs is 1. The van der Waals surface area contributed by atoms with Gasteiger partial charge in [0.1, 0.15) is 15.8 Å². The van der Waals surface area contributed by atoms with Gasteiger partial charge in [-0.05, 0) is 12.1 Å². The third-order valence-electron chi connectivity index (χ3n) is 3.91. The molecule has 0 saturated carbocycles. The number of carbonyl (C=O) groups excluding carboxylic acids is 2. The van der Waals surface area contributed by atoms with E-state index in [2.05, 4.69) is 15.5 Å². The topological polar surface area (TPSA) is 154 Å². The normalized spacial score (nSPS) is 11.0. The van der Waals surface area contributed by atoms with Crippen molar-refractivity contribution < 1.29 is 24.7 Å². The highest BCUT2D eigenvalue weighted by Crippen LogP contribution is 2.47. The molecule has 0 saturated heterocycles. The van der Waals surface area contributed by atoms with Crippen LogP contribution in [0.1, 0.15) is 0 Å². The van der Waals surface area contributed by atoms with Crippen LogP contribution in [-0.2, 0) is 9.59 Å². The quantitative estimate of drug-likeness (QED) is 0.173. The van der Waals surface area contributed by atoms with Crippen molar-refractivity contribution in [2.45, 2.75) is 0 Å². The fourth-order valence-electron chi connectivity index (χ4n) is 2.50. The maximum atomic E-state index is 12.0. The van der Waals surface area contributed by atoms with Gasteiger partial charge in [-0.15, -0.1) is 10.2 Å². The molecule has 0 heterocycles. The molecular formula is C18H10Cl2N4O6. The Morgan fingerprint density at radius 3 is 2.30 bits per heavy atom. The number of phenols is 2. The minimum absolute atomic E-state index is 0.0659. The van der Waals surface area contributed by atoms with E-state index in [1.54, 1.807) is 12.1 Å². The summed E-state index contributed by atoms with van der Waals surface area (Å²) < 4.78 is 0. The van der Waals surface area contributed by atoms with Gasteiger partial charge in [-0.25, -0.2) is 0 Å². The Morgan fingerprint density at radius 2 is 1.67 bits per heavy atom. The molecule has 0 aliphatic heterocycles. The summed E-state index contributed by atoms with van der Waals surface area (Å²) in [7, 11) is 0. The van der Waals surface area contributed by atoms with Crippen molar-refractivity contribution in [3.63, 3.8) is 0 Å². The van der Waals surface area contributed by atoms with Crippen molar-refractivity contribution in [1.29, 1.82) is 0 Å². The summed E-state index contributed by atoms with van der Waals surface area (Å²) in [6.45, 7) is 0. The van der Waals surface area contributed by atoms with Gasteiger partial charge in [-0.1, -0.05) is 47.5 Å². The van der Waals surface area contributed by atoms with Crippen molar-refractivity contribution in [2.24, 2.45) is 10.2 Å². The zero-order valence-corrected chi connectivity index (χ0v) is 16.2. The van der Waals surface area contributed by atoms with Gasteiger partial charge in [0, 0.05) is 22.5 Å². The predicted octanol–water partition coefficient (Wildman–Crippen LogP) is 4.72. The second-order valence-corrected chi connectivity index (χ2v) is 6.57. The number of aromatic hydroxyl groups is 2. The Hall–Kier alpha value is -3.76. The standard InChI is InChI=1S/C18H10Cl2N4O6/c19-11-6-5-8(7-12(11)24(29)30)21-17(27)18(28)23-22-14-13(20)15(25)9-3-1-2-4-10(9)16(14)26/h1-7,25-26H,(H,21,27). The SMILES string of the molecule is O=C(N=Nc1c(Cl)c(O)c2ccccc2c1O)C(=O)Nc1ccc(Cl)c([N+](=O)[O-])c1. The van der Waals surface area contributed by atoms with Gasteiger partial charge in [-0.2, -0.15) is 0 Å². The highest BCUT2D eigenvalue weighted by Gasteiger charge is 2.20. The summed E-state index contributed by atoms with van der Waals surface area (Å²) in [6.07, 6.45) is 0. The van der Waals surface area contributed by atoms with Crippen molar-refractivity contribution in [3.05, 3.63) is 62.6 Å². The summed E-state index contributed by atoms with van der Waals surface area (Å²) in [6, 6.07) is 9.62. The number of amides is 2. The average molecular weight is 449 g/mol. The molecule has 0 spiro atoms. The van der Waals surface area contributed by atoms with E-state index in [-0.39, 0.29) is 32.3 Å². The van der Waals surface area contributed by atoms with Crippen LogP contribution in [0.25, 0.3) is 10.8 Å². The predicted molar refractivity (Wildman–Crippen MR) is 109 cm³/mol. The fourth-order valence-corrected chi connectivity index (χ4v) is 2.92. The van der Waals surface area contributed by atoms with Crippen molar-refractivity contribution >= 4 is 62.9 Å². The van der Waals surface area contributed by atoms with E-state index in [9.17, 15) is 29.9 Å². The second kappa shape index (κ2) is 8.31. The lowest BCUT2D eigenvalue weighted by atomic mass is 10.1. The van der Waals surface area contributed by atoms with Crippen LogP contribution in [-0.4, -0.2) is 27.0 Å². The third-order valence-corrected chi connectivity index (χ3v) is 4.59. The second-order valence-electron chi connectivity index (χ2n) is 5.79. The number of nitro benzene ring substituents is 1. The first-order valence-electron chi connectivity index (χ1n) is 8.03. The van der Waals surface area contributed by atoms with Crippen LogP contribution in [0.5, 0.6) is 11.5 Å². The number of nitro groups is 1. The summed E-state index contributed by atoms with van der Waals surface area (Å²) in [5, 5.41) is 40.1. The molecule has 3 rings (SSSR count). The van der Waals surface area contributed by atoms with Gasteiger partial charge in [-0.3, -0.25) is 19.7 Å². The van der Waals surface area contributed by atoms with Gasteiger partial charge in [0.15, 0.2) is 11.4 Å². The third kappa shape index (κ3) is 4.00. The Morgan fingerprint density at radius 1 is 1.03 bits per heavy atom. The maximum Gasteiger partial charge on any atom is 0.353 e. The maximum absolute atomic E-state index is 12.0. The van der Waals surface area contributed by atoms with Crippen molar-refractivity contribution in [3.8, 4) is 11.5 Å². The number of nitrogens with zero attached hydrogens (tertiary/aromatic N) is 3. The molecule has 0 radical (unpaired) electrons. The van der Waals surface area contributed by atoms with Crippen LogP contribution in [0.3, 0.4) is 0 Å². The van der Waals surface area contributed by atoms with Crippen LogP contribution in [0.4, 0.5) is 17.1 Å². The number of anilines is 1. The molecule has 0 fully saturated rings. The number of benzene rings is 3. The smallest absolute Gasteiger partial charge is 0.353 e. The van der Waals surface area contributed by atoms with E-state index >= 15 is 0 Å². The molecule has 0 aliphatic rings. The van der Waals surface area contributed by atoms with Crippen molar-refractivity contribution in [1.82, 2.24) is 0 Å². The minimum Gasteiger partial charge on any atom is -0.506 e. The number of phenolic OH excluding ortho intramolecular Hbond substituents is 2.